The second-order valence-corrected chi connectivity index (χ2v) is 5.95. The number of nitrogens with one attached hydrogen (secondary N) is 2. The van der Waals surface area contributed by atoms with Crippen molar-refractivity contribution in [2.75, 3.05) is 30.3 Å². The number of amides is 1. The summed E-state index contributed by atoms with van der Waals surface area (Å²) in [6.07, 6.45) is 1.55. The van der Waals surface area contributed by atoms with Crippen LogP contribution in [0.1, 0.15) is 13.8 Å². The molecule has 6 nitrogen and oxygen atoms in total. The third-order valence-corrected chi connectivity index (χ3v) is 4.24. The Morgan fingerprint density at radius 2 is 1.65 bits per heavy atom. The predicted octanol–water partition coefficient (Wildman–Crippen LogP) is 3.65. The molecule has 2 aromatic carbocycles. The lowest BCUT2D eigenvalue weighted by atomic mass is 10.2. The maximum absolute atomic E-state index is 12.1. The number of rotatable bonds is 7. The lowest BCUT2D eigenvalue weighted by Gasteiger charge is -2.17. The summed E-state index contributed by atoms with van der Waals surface area (Å²) in [6, 6.07) is 15.5. The highest BCUT2D eigenvalue weighted by atomic mass is 16.2. The van der Waals surface area contributed by atoms with Crippen LogP contribution in [0.2, 0.25) is 0 Å². The predicted molar refractivity (Wildman–Crippen MR) is 106 cm³/mol. The monoisotopic (exact) mass is 349 g/mol. The van der Waals surface area contributed by atoms with E-state index >= 15 is 0 Å². The Balaban J connectivity index is 1.67. The fraction of sp³-hybridized carbons (Fsp3) is 0.250. The van der Waals surface area contributed by atoms with E-state index in [0.29, 0.717) is 6.54 Å². The molecule has 0 atom stereocenters. The van der Waals surface area contributed by atoms with Crippen molar-refractivity contribution in [1.82, 2.24) is 14.9 Å². The van der Waals surface area contributed by atoms with Gasteiger partial charge in [-0.25, -0.2) is 9.97 Å². The minimum absolute atomic E-state index is 0.00352. The van der Waals surface area contributed by atoms with E-state index in [1.54, 1.807) is 6.33 Å². The van der Waals surface area contributed by atoms with Crippen LogP contribution in [-0.2, 0) is 4.79 Å². The summed E-state index contributed by atoms with van der Waals surface area (Å²) in [4.78, 5) is 22.7. The van der Waals surface area contributed by atoms with Crippen LogP contribution in [0.5, 0.6) is 0 Å². The first-order valence-corrected chi connectivity index (χ1v) is 8.78. The molecule has 6 heteroatoms. The summed E-state index contributed by atoms with van der Waals surface area (Å²) in [6.45, 7) is 6.22. The maximum atomic E-state index is 12.1. The van der Waals surface area contributed by atoms with Gasteiger partial charge in [0.05, 0.1) is 12.1 Å². The van der Waals surface area contributed by atoms with Crippen LogP contribution in [0.15, 0.2) is 54.9 Å². The normalized spacial score (nSPS) is 10.9. The number of nitrogens with zero attached hydrogens (tertiary/aromatic N) is 3. The number of likely N-dealkylation sites (N-methyl/N-ethyl adjacent to an activating group) is 1. The molecule has 0 radical (unpaired) electrons. The maximum Gasteiger partial charge on any atom is 0.238 e. The van der Waals surface area contributed by atoms with Crippen molar-refractivity contribution >= 4 is 34.0 Å². The fourth-order valence-electron chi connectivity index (χ4n) is 2.73. The zero-order valence-corrected chi connectivity index (χ0v) is 15.1. The summed E-state index contributed by atoms with van der Waals surface area (Å²) in [5.74, 6) is 0.755. The minimum atomic E-state index is -0.00352. The molecule has 1 amide bonds. The SMILES string of the molecule is CCN(CC)CC(=O)Nc1ccc(Nc2ncnc3ccccc23)cc1. The first kappa shape index (κ1) is 17.8. The van der Waals surface area contributed by atoms with Crippen molar-refractivity contribution < 1.29 is 4.79 Å². The smallest absolute Gasteiger partial charge is 0.238 e. The molecule has 26 heavy (non-hydrogen) atoms. The Hall–Kier alpha value is -2.99. The highest BCUT2D eigenvalue weighted by Crippen LogP contribution is 2.23. The summed E-state index contributed by atoms with van der Waals surface area (Å²) in [5, 5.41) is 7.20. The Morgan fingerprint density at radius 3 is 2.38 bits per heavy atom. The van der Waals surface area contributed by atoms with Crippen LogP contribution in [0.3, 0.4) is 0 Å². The van der Waals surface area contributed by atoms with E-state index < -0.39 is 0 Å². The van der Waals surface area contributed by atoms with Gasteiger partial charge in [-0.2, -0.15) is 0 Å². The molecule has 134 valence electrons. The van der Waals surface area contributed by atoms with Gasteiger partial charge in [0.25, 0.3) is 0 Å². The molecule has 1 heterocycles. The number of carbonyl (C=O) groups is 1. The average molecular weight is 349 g/mol. The van der Waals surface area contributed by atoms with Gasteiger partial charge in [-0.05, 0) is 49.5 Å². The van der Waals surface area contributed by atoms with Crippen LogP contribution in [0.25, 0.3) is 10.9 Å². The third-order valence-electron chi connectivity index (χ3n) is 4.24. The van der Waals surface area contributed by atoms with Crippen molar-refractivity contribution in [2.45, 2.75) is 13.8 Å². The molecule has 0 fully saturated rings. The lowest BCUT2D eigenvalue weighted by molar-refractivity contribution is -0.117. The van der Waals surface area contributed by atoms with Gasteiger partial charge in [0.15, 0.2) is 0 Å². The molecule has 1 aromatic heterocycles. The van der Waals surface area contributed by atoms with E-state index in [4.69, 9.17) is 0 Å². The molecule has 2 N–H and O–H groups in total. The zero-order valence-electron chi connectivity index (χ0n) is 15.1. The van der Waals surface area contributed by atoms with Crippen molar-refractivity contribution in [3.8, 4) is 0 Å². The standard InChI is InChI=1S/C20H23N5O/c1-3-25(4-2)13-19(26)23-15-9-11-16(12-10-15)24-20-17-7-5-6-8-18(17)21-14-22-20/h5-12,14H,3-4,13H2,1-2H3,(H,23,26)(H,21,22,24). The number of benzene rings is 2. The molecular weight excluding hydrogens is 326 g/mol. The van der Waals surface area contributed by atoms with Crippen LogP contribution >= 0.6 is 0 Å². The van der Waals surface area contributed by atoms with Crippen LogP contribution in [-0.4, -0.2) is 40.4 Å². The summed E-state index contributed by atoms with van der Waals surface area (Å²) in [7, 11) is 0. The second-order valence-electron chi connectivity index (χ2n) is 5.95. The van der Waals surface area contributed by atoms with Crippen molar-refractivity contribution in [3.63, 3.8) is 0 Å². The van der Waals surface area contributed by atoms with Crippen molar-refractivity contribution in [1.29, 1.82) is 0 Å². The van der Waals surface area contributed by atoms with Gasteiger partial charge in [0.2, 0.25) is 5.91 Å². The van der Waals surface area contributed by atoms with Gasteiger partial charge in [-0.1, -0.05) is 26.0 Å². The van der Waals surface area contributed by atoms with Crippen molar-refractivity contribution in [2.24, 2.45) is 0 Å². The molecule has 0 bridgehead atoms. The molecule has 0 unspecified atom stereocenters. The van der Waals surface area contributed by atoms with E-state index in [-0.39, 0.29) is 5.91 Å². The first-order valence-electron chi connectivity index (χ1n) is 8.78. The molecule has 0 aliphatic carbocycles. The number of anilines is 3. The summed E-state index contributed by atoms with van der Waals surface area (Å²) >= 11 is 0. The van der Waals surface area contributed by atoms with Gasteiger partial charge in [0.1, 0.15) is 12.1 Å². The van der Waals surface area contributed by atoms with Gasteiger partial charge in [-0.3, -0.25) is 9.69 Å². The van der Waals surface area contributed by atoms with Gasteiger partial charge in [0, 0.05) is 16.8 Å². The number of fused-ring (bicyclic) bond motifs is 1. The first-order chi connectivity index (χ1) is 12.7. The molecule has 0 aliphatic rings. The Labute approximate surface area is 153 Å². The van der Waals surface area contributed by atoms with Crippen LogP contribution in [0.4, 0.5) is 17.2 Å². The van der Waals surface area contributed by atoms with E-state index in [1.165, 1.54) is 0 Å². The van der Waals surface area contributed by atoms with Crippen molar-refractivity contribution in [3.05, 3.63) is 54.9 Å². The molecule has 0 saturated heterocycles. The minimum Gasteiger partial charge on any atom is -0.340 e. The number of hydrogen-bond acceptors (Lipinski definition) is 5. The van der Waals surface area contributed by atoms with Gasteiger partial charge >= 0.3 is 0 Å². The summed E-state index contributed by atoms with van der Waals surface area (Å²) in [5.41, 5.74) is 2.57. The largest absolute Gasteiger partial charge is 0.340 e. The molecule has 3 rings (SSSR count). The number of para-hydroxylation sites is 1. The third kappa shape index (κ3) is 4.34. The van der Waals surface area contributed by atoms with Crippen LogP contribution < -0.4 is 10.6 Å². The van der Waals surface area contributed by atoms with E-state index in [0.717, 1.165) is 41.2 Å². The molecule has 0 saturated carbocycles. The number of hydrogen-bond donors (Lipinski definition) is 2. The second kappa shape index (κ2) is 8.40. The van der Waals surface area contributed by atoms with Gasteiger partial charge in [-0.15, -0.1) is 0 Å². The molecule has 0 spiro atoms. The molecular formula is C20H23N5O. The molecule has 0 aliphatic heterocycles. The Bertz CT molecular complexity index is 870. The zero-order chi connectivity index (χ0) is 18.4. The highest BCUT2D eigenvalue weighted by Gasteiger charge is 2.08. The van der Waals surface area contributed by atoms with E-state index in [9.17, 15) is 4.79 Å². The number of carbonyl (C=O) groups excluding carboxylic acids is 1. The topological polar surface area (TPSA) is 70.2 Å². The Morgan fingerprint density at radius 1 is 0.962 bits per heavy atom. The summed E-state index contributed by atoms with van der Waals surface area (Å²) < 4.78 is 0. The van der Waals surface area contributed by atoms with E-state index in [2.05, 4.69) is 25.5 Å². The van der Waals surface area contributed by atoms with E-state index in [1.807, 2.05) is 62.4 Å². The van der Waals surface area contributed by atoms with Gasteiger partial charge < -0.3 is 10.6 Å². The average Bonchev–Trinajstić information content (AvgIpc) is 2.68. The fourth-order valence-corrected chi connectivity index (χ4v) is 2.73. The number of aromatic nitrogens is 2. The highest BCUT2D eigenvalue weighted by molar-refractivity contribution is 5.93. The molecule has 3 aromatic rings. The van der Waals surface area contributed by atoms with Crippen LogP contribution in [0, 0.1) is 0 Å². The Kier molecular flexibility index (Phi) is 5.76. The lowest BCUT2D eigenvalue weighted by Crippen LogP contribution is -2.32. The quantitative estimate of drug-likeness (QED) is 0.681.